The summed E-state index contributed by atoms with van der Waals surface area (Å²) in [5.41, 5.74) is -0.223. The fourth-order valence-corrected chi connectivity index (χ4v) is 2.15. The summed E-state index contributed by atoms with van der Waals surface area (Å²) in [5, 5.41) is 13.6. The van der Waals surface area contributed by atoms with Crippen molar-refractivity contribution in [3.63, 3.8) is 0 Å². The van der Waals surface area contributed by atoms with Crippen LogP contribution < -0.4 is 5.32 Å². The van der Waals surface area contributed by atoms with E-state index in [4.69, 9.17) is 12.2 Å². The number of likely N-dealkylation sites (tertiary alicyclic amines) is 1. The Morgan fingerprint density at radius 1 is 1.69 bits per heavy atom. The van der Waals surface area contributed by atoms with Gasteiger partial charge >= 0.3 is 0 Å². The van der Waals surface area contributed by atoms with Crippen LogP contribution in [0, 0.1) is 0 Å². The third-order valence-electron chi connectivity index (χ3n) is 2.71. The van der Waals surface area contributed by atoms with Gasteiger partial charge in [0.2, 0.25) is 0 Å². The van der Waals surface area contributed by atoms with E-state index in [1.54, 1.807) is 0 Å². The molecule has 0 bridgehead atoms. The van der Waals surface area contributed by atoms with Crippen molar-refractivity contribution >= 4 is 17.3 Å². The van der Waals surface area contributed by atoms with Crippen molar-refractivity contribution < 1.29 is 5.11 Å². The summed E-state index contributed by atoms with van der Waals surface area (Å²) in [7, 11) is 0. The fourth-order valence-electron chi connectivity index (χ4n) is 1.68. The second-order valence-electron chi connectivity index (χ2n) is 3.95. The summed E-state index contributed by atoms with van der Waals surface area (Å²) in [5.74, 6) is 0. The molecule has 0 saturated carbocycles. The summed E-state index contributed by atoms with van der Waals surface area (Å²) in [4.78, 5) is 2.07. The van der Waals surface area contributed by atoms with E-state index in [9.17, 15) is 5.11 Å². The lowest BCUT2D eigenvalue weighted by Gasteiger charge is -2.35. The Labute approximate surface area is 85.1 Å². The van der Waals surface area contributed by atoms with E-state index in [1.165, 1.54) is 0 Å². The molecule has 1 atom stereocenters. The number of rotatable bonds is 1. The van der Waals surface area contributed by atoms with Gasteiger partial charge < -0.3 is 15.3 Å². The largest absolute Gasteiger partial charge is 0.391 e. The normalized spacial score (nSPS) is 26.2. The third-order valence-corrected chi connectivity index (χ3v) is 3.08. The van der Waals surface area contributed by atoms with Gasteiger partial charge in [0.05, 0.1) is 11.6 Å². The number of hydrogen-bond donors (Lipinski definition) is 2. The van der Waals surface area contributed by atoms with Crippen LogP contribution in [0.2, 0.25) is 0 Å². The number of thiocarbonyl (C=S) groups is 1. The molecule has 4 heteroatoms. The molecule has 0 spiro atoms. The fraction of sp³-hybridized carbons (Fsp3) is 0.889. The van der Waals surface area contributed by atoms with Crippen LogP contribution >= 0.6 is 12.2 Å². The van der Waals surface area contributed by atoms with Crippen molar-refractivity contribution in [2.24, 2.45) is 0 Å². The molecule has 1 rings (SSSR count). The Kier molecular flexibility index (Phi) is 3.14. The maximum atomic E-state index is 9.72. The maximum absolute atomic E-state index is 9.72. The SMILES string of the molecule is CCNC(=S)N1CCC(O)C1(C)C. The summed E-state index contributed by atoms with van der Waals surface area (Å²) >= 11 is 5.22. The molecule has 1 unspecified atom stereocenters. The van der Waals surface area contributed by atoms with E-state index >= 15 is 0 Å². The average Bonchev–Trinajstić information content (AvgIpc) is 2.28. The number of nitrogens with zero attached hydrogens (tertiary/aromatic N) is 1. The van der Waals surface area contributed by atoms with Crippen LogP contribution in [0.5, 0.6) is 0 Å². The maximum Gasteiger partial charge on any atom is 0.169 e. The molecule has 1 fully saturated rings. The Bertz CT molecular complexity index is 206. The van der Waals surface area contributed by atoms with Gasteiger partial charge in [-0.2, -0.15) is 0 Å². The monoisotopic (exact) mass is 202 g/mol. The smallest absolute Gasteiger partial charge is 0.169 e. The minimum absolute atomic E-state index is 0.223. The first-order chi connectivity index (χ1) is 6.00. The van der Waals surface area contributed by atoms with E-state index in [0.29, 0.717) is 0 Å². The van der Waals surface area contributed by atoms with Crippen molar-refractivity contribution in [1.82, 2.24) is 10.2 Å². The summed E-state index contributed by atoms with van der Waals surface area (Å²) in [6.45, 7) is 7.75. The average molecular weight is 202 g/mol. The Balaban J connectivity index is 2.66. The molecule has 1 saturated heterocycles. The van der Waals surface area contributed by atoms with Gasteiger partial charge in [0.1, 0.15) is 0 Å². The lowest BCUT2D eigenvalue weighted by atomic mass is 9.99. The highest BCUT2D eigenvalue weighted by Gasteiger charge is 2.41. The highest BCUT2D eigenvalue weighted by atomic mass is 32.1. The highest BCUT2D eigenvalue weighted by Crippen LogP contribution is 2.28. The molecule has 1 aliphatic rings. The van der Waals surface area contributed by atoms with Gasteiger partial charge in [0.25, 0.3) is 0 Å². The predicted molar refractivity (Wildman–Crippen MR) is 57.7 cm³/mol. The molecule has 0 aromatic rings. The van der Waals surface area contributed by atoms with Crippen LogP contribution in [0.4, 0.5) is 0 Å². The first-order valence-corrected chi connectivity index (χ1v) is 5.14. The molecule has 76 valence electrons. The first kappa shape index (κ1) is 10.7. The van der Waals surface area contributed by atoms with Crippen molar-refractivity contribution in [1.29, 1.82) is 0 Å². The second-order valence-corrected chi connectivity index (χ2v) is 4.33. The van der Waals surface area contributed by atoms with Crippen molar-refractivity contribution in [3.05, 3.63) is 0 Å². The number of hydrogen-bond acceptors (Lipinski definition) is 2. The molecule has 1 aliphatic heterocycles. The van der Waals surface area contributed by atoms with E-state index in [0.717, 1.165) is 24.6 Å². The van der Waals surface area contributed by atoms with Gasteiger partial charge in [-0.3, -0.25) is 0 Å². The van der Waals surface area contributed by atoms with Gasteiger partial charge in [-0.15, -0.1) is 0 Å². The molecule has 1 heterocycles. The van der Waals surface area contributed by atoms with Gasteiger partial charge in [-0.25, -0.2) is 0 Å². The lowest BCUT2D eigenvalue weighted by Crippen LogP contribution is -2.51. The van der Waals surface area contributed by atoms with Gasteiger partial charge in [-0.1, -0.05) is 0 Å². The van der Waals surface area contributed by atoms with E-state index in [2.05, 4.69) is 10.2 Å². The van der Waals surface area contributed by atoms with Gasteiger partial charge in [-0.05, 0) is 39.4 Å². The minimum Gasteiger partial charge on any atom is -0.391 e. The quantitative estimate of drug-likeness (QED) is 0.614. The summed E-state index contributed by atoms with van der Waals surface area (Å²) in [6, 6.07) is 0. The van der Waals surface area contributed by atoms with Gasteiger partial charge in [0, 0.05) is 13.1 Å². The number of nitrogens with one attached hydrogen (secondary N) is 1. The zero-order chi connectivity index (χ0) is 10.1. The predicted octanol–water partition coefficient (Wildman–Crippen LogP) is 0.726. The second kappa shape index (κ2) is 3.80. The molecule has 13 heavy (non-hydrogen) atoms. The highest BCUT2D eigenvalue weighted by molar-refractivity contribution is 7.80. The Morgan fingerprint density at radius 2 is 2.31 bits per heavy atom. The summed E-state index contributed by atoms with van der Waals surface area (Å²) in [6.07, 6.45) is 0.530. The van der Waals surface area contributed by atoms with E-state index < -0.39 is 0 Å². The standard InChI is InChI=1S/C9H18N2OS/c1-4-10-8(13)11-6-5-7(12)9(11,2)3/h7,12H,4-6H2,1-3H3,(H,10,13). The van der Waals surface area contributed by atoms with Crippen LogP contribution in [0.1, 0.15) is 27.2 Å². The Morgan fingerprint density at radius 3 is 2.69 bits per heavy atom. The summed E-state index contributed by atoms with van der Waals surface area (Å²) < 4.78 is 0. The van der Waals surface area contributed by atoms with Crippen molar-refractivity contribution in [2.75, 3.05) is 13.1 Å². The first-order valence-electron chi connectivity index (χ1n) is 4.73. The van der Waals surface area contributed by atoms with Crippen molar-refractivity contribution in [2.45, 2.75) is 38.8 Å². The van der Waals surface area contributed by atoms with E-state index in [1.807, 2.05) is 20.8 Å². The van der Waals surface area contributed by atoms with Crippen LogP contribution in [-0.4, -0.2) is 39.9 Å². The molecular weight excluding hydrogens is 184 g/mol. The topological polar surface area (TPSA) is 35.5 Å². The molecule has 0 aliphatic carbocycles. The van der Waals surface area contributed by atoms with Crippen LogP contribution in [0.3, 0.4) is 0 Å². The Hall–Kier alpha value is -0.350. The molecular formula is C9H18N2OS. The third kappa shape index (κ3) is 1.94. The minimum atomic E-state index is -0.274. The molecule has 3 nitrogen and oxygen atoms in total. The molecule has 2 N–H and O–H groups in total. The molecule has 0 amide bonds. The number of aliphatic hydroxyl groups excluding tert-OH is 1. The molecule has 0 radical (unpaired) electrons. The van der Waals surface area contributed by atoms with Crippen LogP contribution in [-0.2, 0) is 0 Å². The number of aliphatic hydroxyl groups is 1. The van der Waals surface area contributed by atoms with Crippen LogP contribution in [0.15, 0.2) is 0 Å². The molecule has 0 aromatic heterocycles. The van der Waals surface area contributed by atoms with Crippen LogP contribution in [0.25, 0.3) is 0 Å². The lowest BCUT2D eigenvalue weighted by molar-refractivity contribution is 0.0853. The molecule has 0 aromatic carbocycles. The van der Waals surface area contributed by atoms with Crippen molar-refractivity contribution in [3.8, 4) is 0 Å². The van der Waals surface area contributed by atoms with Gasteiger partial charge in [0.15, 0.2) is 5.11 Å². The zero-order valence-electron chi connectivity index (χ0n) is 8.50. The van der Waals surface area contributed by atoms with E-state index in [-0.39, 0.29) is 11.6 Å². The zero-order valence-corrected chi connectivity index (χ0v) is 9.32.